The topological polar surface area (TPSA) is 20.3 Å². The van der Waals surface area contributed by atoms with Crippen molar-refractivity contribution in [1.29, 1.82) is 0 Å². The van der Waals surface area contributed by atoms with Crippen LogP contribution in [0, 0.1) is 0 Å². The van der Waals surface area contributed by atoms with Crippen LogP contribution < -0.4 is 0 Å². The predicted molar refractivity (Wildman–Crippen MR) is 63.8 cm³/mol. The SMILES string of the molecule is CC(C)=Cc1ccccc1C(=O)N(C)C. The van der Waals surface area contributed by atoms with Gasteiger partial charge in [0.2, 0.25) is 0 Å². The van der Waals surface area contributed by atoms with Crippen molar-refractivity contribution in [2.45, 2.75) is 13.8 Å². The average Bonchev–Trinajstić information content (AvgIpc) is 2.16. The van der Waals surface area contributed by atoms with Crippen LogP contribution in [0.4, 0.5) is 0 Å². The molecule has 0 unspecified atom stereocenters. The zero-order chi connectivity index (χ0) is 11.4. The monoisotopic (exact) mass is 203 g/mol. The van der Waals surface area contributed by atoms with Crippen LogP contribution in [0.15, 0.2) is 29.8 Å². The van der Waals surface area contributed by atoms with E-state index >= 15 is 0 Å². The fraction of sp³-hybridized carbons (Fsp3) is 0.308. The van der Waals surface area contributed by atoms with E-state index in [1.807, 2.05) is 44.2 Å². The first kappa shape index (κ1) is 11.5. The number of allylic oxidation sites excluding steroid dienone is 1. The highest BCUT2D eigenvalue weighted by Gasteiger charge is 2.10. The Balaban J connectivity index is 3.18. The van der Waals surface area contributed by atoms with E-state index in [-0.39, 0.29) is 5.91 Å². The van der Waals surface area contributed by atoms with Gasteiger partial charge in [-0.1, -0.05) is 29.8 Å². The number of hydrogen-bond acceptors (Lipinski definition) is 1. The quantitative estimate of drug-likeness (QED) is 0.723. The van der Waals surface area contributed by atoms with Crippen molar-refractivity contribution in [1.82, 2.24) is 4.90 Å². The summed E-state index contributed by atoms with van der Waals surface area (Å²) < 4.78 is 0. The minimum Gasteiger partial charge on any atom is -0.345 e. The highest BCUT2D eigenvalue weighted by Crippen LogP contribution is 2.14. The summed E-state index contributed by atoms with van der Waals surface area (Å²) in [5.74, 6) is 0.0445. The van der Waals surface area contributed by atoms with Crippen molar-refractivity contribution in [3.05, 3.63) is 41.0 Å². The molecule has 1 rings (SSSR count). The maximum atomic E-state index is 11.8. The highest BCUT2D eigenvalue weighted by molar-refractivity contribution is 5.97. The number of carbonyl (C=O) groups is 1. The van der Waals surface area contributed by atoms with E-state index in [9.17, 15) is 4.79 Å². The summed E-state index contributed by atoms with van der Waals surface area (Å²) in [6.45, 7) is 4.05. The lowest BCUT2D eigenvalue weighted by molar-refractivity contribution is 0.0827. The van der Waals surface area contributed by atoms with Gasteiger partial charge in [-0.05, 0) is 25.5 Å². The second kappa shape index (κ2) is 4.78. The van der Waals surface area contributed by atoms with Gasteiger partial charge in [0.25, 0.3) is 5.91 Å². The van der Waals surface area contributed by atoms with Crippen molar-refractivity contribution in [3.8, 4) is 0 Å². The standard InChI is InChI=1S/C13H17NO/c1-10(2)9-11-7-5-6-8-12(11)13(15)14(3)4/h5-9H,1-4H3. The number of carbonyl (C=O) groups excluding carboxylic acids is 1. The minimum atomic E-state index is 0.0445. The van der Waals surface area contributed by atoms with E-state index in [1.54, 1.807) is 19.0 Å². The largest absolute Gasteiger partial charge is 0.345 e. The summed E-state index contributed by atoms with van der Waals surface area (Å²) in [5.41, 5.74) is 2.92. The van der Waals surface area contributed by atoms with Gasteiger partial charge >= 0.3 is 0 Å². The van der Waals surface area contributed by atoms with Gasteiger partial charge in [0.1, 0.15) is 0 Å². The van der Waals surface area contributed by atoms with Crippen LogP contribution in [0.3, 0.4) is 0 Å². The molecule has 0 N–H and O–H groups in total. The molecule has 0 atom stereocenters. The molecular weight excluding hydrogens is 186 g/mol. The Labute approximate surface area is 91.2 Å². The lowest BCUT2D eigenvalue weighted by atomic mass is 10.0. The van der Waals surface area contributed by atoms with Gasteiger partial charge in [-0.2, -0.15) is 0 Å². The van der Waals surface area contributed by atoms with Crippen LogP contribution in [0.25, 0.3) is 6.08 Å². The maximum absolute atomic E-state index is 11.8. The second-order valence-electron chi connectivity index (χ2n) is 4.01. The molecule has 0 bridgehead atoms. The number of hydrogen-bond donors (Lipinski definition) is 0. The van der Waals surface area contributed by atoms with Gasteiger partial charge < -0.3 is 4.90 Å². The first-order valence-corrected chi connectivity index (χ1v) is 4.98. The molecule has 0 aliphatic heterocycles. The summed E-state index contributed by atoms with van der Waals surface area (Å²) in [6.07, 6.45) is 2.02. The molecule has 15 heavy (non-hydrogen) atoms. The van der Waals surface area contributed by atoms with Crippen molar-refractivity contribution in [2.24, 2.45) is 0 Å². The molecule has 0 fully saturated rings. The maximum Gasteiger partial charge on any atom is 0.253 e. The van der Waals surface area contributed by atoms with Crippen LogP contribution in [0.2, 0.25) is 0 Å². The molecule has 0 heterocycles. The molecule has 1 amide bonds. The number of rotatable bonds is 2. The summed E-state index contributed by atoms with van der Waals surface area (Å²) in [7, 11) is 3.53. The smallest absolute Gasteiger partial charge is 0.253 e. The Morgan fingerprint density at radius 2 is 1.80 bits per heavy atom. The molecule has 0 aliphatic rings. The van der Waals surface area contributed by atoms with Crippen molar-refractivity contribution < 1.29 is 4.79 Å². The normalized spacial score (nSPS) is 9.60. The zero-order valence-corrected chi connectivity index (χ0v) is 9.74. The Hall–Kier alpha value is -1.57. The van der Waals surface area contributed by atoms with E-state index in [1.165, 1.54) is 5.57 Å². The molecule has 1 aromatic rings. The highest BCUT2D eigenvalue weighted by atomic mass is 16.2. The Morgan fingerprint density at radius 1 is 1.20 bits per heavy atom. The first-order chi connectivity index (χ1) is 7.02. The number of benzene rings is 1. The third kappa shape index (κ3) is 2.94. The van der Waals surface area contributed by atoms with Crippen LogP contribution in [-0.2, 0) is 0 Å². The molecule has 0 spiro atoms. The average molecular weight is 203 g/mol. The summed E-state index contributed by atoms with van der Waals surface area (Å²) >= 11 is 0. The molecule has 2 heteroatoms. The molecule has 0 saturated heterocycles. The minimum absolute atomic E-state index is 0.0445. The van der Waals surface area contributed by atoms with Crippen molar-refractivity contribution in [3.63, 3.8) is 0 Å². The van der Waals surface area contributed by atoms with Gasteiger partial charge in [0, 0.05) is 19.7 Å². The van der Waals surface area contributed by atoms with E-state index < -0.39 is 0 Å². The molecule has 2 nitrogen and oxygen atoms in total. The predicted octanol–water partition coefficient (Wildman–Crippen LogP) is 2.81. The lowest BCUT2D eigenvalue weighted by Gasteiger charge is -2.12. The van der Waals surface area contributed by atoms with E-state index in [0.717, 1.165) is 11.1 Å². The summed E-state index contributed by atoms with van der Waals surface area (Å²) in [5, 5.41) is 0. The molecule has 0 aromatic heterocycles. The van der Waals surface area contributed by atoms with E-state index in [2.05, 4.69) is 0 Å². The van der Waals surface area contributed by atoms with Gasteiger partial charge in [-0.3, -0.25) is 4.79 Å². The van der Waals surface area contributed by atoms with Crippen LogP contribution in [0.1, 0.15) is 29.8 Å². The van der Waals surface area contributed by atoms with Crippen LogP contribution in [-0.4, -0.2) is 24.9 Å². The van der Waals surface area contributed by atoms with Crippen molar-refractivity contribution in [2.75, 3.05) is 14.1 Å². The fourth-order valence-electron chi connectivity index (χ4n) is 1.37. The van der Waals surface area contributed by atoms with Crippen LogP contribution >= 0.6 is 0 Å². The summed E-state index contributed by atoms with van der Waals surface area (Å²) in [6, 6.07) is 7.65. The third-order valence-corrected chi connectivity index (χ3v) is 2.04. The molecule has 0 radical (unpaired) electrons. The van der Waals surface area contributed by atoms with E-state index in [4.69, 9.17) is 0 Å². The second-order valence-corrected chi connectivity index (χ2v) is 4.01. The Kier molecular flexibility index (Phi) is 3.67. The molecule has 0 aliphatic carbocycles. The van der Waals surface area contributed by atoms with Gasteiger partial charge in [0.15, 0.2) is 0 Å². The molecular formula is C13H17NO. The number of amides is 1. The Morgan fingerprint density at radius 3 is 2.33 bits per heavy atom. The Bertz CT molecular complexity index is 387. The van der Waals surface area contributed by atoms with Gasteiger partial charge in [-0.25, -0.2) is 0 Å². The fourth-order valence-corrected chi connectivity index (χ4v) is 1.37. The number of nitrogens with zero attached hydrogens (tertiary/aromatic N) is 1. The van der Waals surface area contributed by atoms with Gasteiger partial charge in [0.05, 0.1) is 0 Å². The van der Waals surface area contributed by atoms with Gasteiger partial charge in [-0.15, -0.1) is 0 Å². The third-order valence-electron chi connectivity index (χ3n) is 2.04. The van der Waals surface area contributed by atoms with Crippen LogP contribution in [0.5, 0.6) is 0 Å². The molecule has 80 valence electrons. The zero-order valence-electron chi connectivity index (χ0n) is 9.74. The summed E-state index contributed by atoms with van der Waals surface area (Å²) in [4.78, 5) is 13.4. The molecule has 0 saturated carbocycles. The molecule has 1 aromatic carbocycles. The van der Waals surface area contributed by atoms with Crippen molar-refractivity contribution >= 4 is 12.0 Å². The lowest BCUT2D eigenvalue weighted by Crippen LogP contribution is -2.22. The van der Waals surface area contributed by atoms with E-state index in [0.29, 0.717) is 0 Å². The first-order valence-electron chi connectivity index (χ1n) is 4.98.